The summed E-state index contributed by atoms with van der Waals surface area (Å²) in [7, 11) is 0. The van der Waals surface area contributed by atoms with E-state index in [0.717, 1.165) is 12.0 Å². The van der Waals surface area contributed by atoms with E-state index in [1.54, 1.807) is 24.3 Å². The molecule has 1 heterocycles. The van der Waals surface area contributed by atoms with Crippen LogP contribution < -0.4 is 9.64 Å². The highest BCUT2D eigenvalue weighted by Crippen LogP contribution is 2.53. The molecule has 3 aliphatic rings. The van der Waals surface area contributed by atoms with E-state index in [1.165, 1.54) is 4.90 Å². The molecule has 1 saturated heterocycles. The van der Waals surface area contributed by atoms with E-state index in [9.17, 15) is 9.59 Å². The summed E-state index contributed by atoms with van der Waals surface area (Å²) in [4.78, 5) is 27.0. The molecule has 1 saturated carbocycles. The van der Waals surface area contributed by atoms with Gasteiger partial charge in [0, 0.05) is 5.02 Å². The second-order valence-corrected chi connectivity index (χ2v) is 7.86. The number of halogens is 1. The summed E-state index contributed by atoms with van der Waals surface area (Å²) in [6.45, 7) is 0.428. The summed E-state index contributed by atoms with van der Waals surface area (Å²) in [6, 6.07) is 14.6. The van der Waals surface area contributed by atoms with Crippen LogP contribution in [-0.4, -0.2) is 11.8 Å². The summed E-state index contributed by atoms with van der Waals surface area (Å²) in [5.41, 5.74) is 1.64. The van der Waals surface area contributed by atoms with Gasteiger partial charge in [-0.1, -0.05) is 35.9 Å². The van der Waals surface area contributed by atoms with E-state index in [4.69, 9.17) is 16.3 Å². The standard InChI is InChI=1S/C22H18ClNO3/c23-16-5-1-13(2-6-16)12-27-18-9-7-17(8-10-18)24-21(25)19-14-3-4-15(11-14)20(19)22(24)26/h1-10,14-15,19-20H,11-12H2/t14-,15-,19+,20+/m0/s1. The Hall–Kier alpha value is -2.59. The van der Waals surface area contributed by atoms with Gasteiger partial charge >= 0.3 is 0 Å². The molecule has 0 spiro atoms. The van der Waals surface area contributed by atoms with Gasteiger partial charge in [-0.05, 0) is 60.2 Å². The molecular weight excluding hydrogens is 362 g/mol. The average molecular weight is 380 g/mol. The molecule has 2 aromatic carbocycles. The molecule has 2 aromatic rings. The van der Waals surface area contributed by atoms with Crippen molar-refractivity contribution in [3.8, 4) is 5.75 Å². The van der Waals surface area contributed by atoms with Gasteiger partial charge < -0.3 is 4.74 Å². The lowest BCUT2D eigenvalue weighted by Gasteiger charge is -2.17. The number of benzene rings is 2. The Kier molecular flexibility index (Phi) is 3.83. The normalized spacial score (nSPS) is 28.1. The lowest BCUT2D eigenvalue weighted by atomic mass is 9.85. The van der Waals surface area contributed by atoms with E-state index in [0.29, 0.717) is 23.1 Å². The largest absolute Gasteiger partial charge is 0.489 e. The number of amides is 2. The molecule has 5 heteroatoms. The number of carbonyl (C=O) groups excluding carboxylic acids is 2. The number of allylic oxidation sites excluding steroid dienone is 2. The lowest BCUT2D eigenvalue weighted by molar-refractivity contribution is -0.123. The maximum absolute atomic E-state index is 12.8. The van der Waals surface area contributed by atoms with Crippen LogP contribution in [0.5, 0.6) is 5.75 Å². The Bertz CT molecular complexity index is 905. The van der Waals surface area contributed by atoms with Gasteiger partial charge in [0.15, 0.2) is 0 Å². The lowest BCUT2D eigenvalue weighted by Crippen LogP contribution is -2.32. The summed E-state index contributed by atoms with van der Waals surface area (Å²) < 4.78 is 5.78. The Morgan fingerprint density at radius 1 is 0.889 bits per heavy atom. The Morgan fingerprint density at radius 3 is 2.07 bits per heavy atom. The number of hydrogen-bond donors (Lipinski definition) is 0. The third-order valence-corrected chi connectivity index (χ3v) is 6.14. The van der Waals surface area contributed by atoms with Gasteiger partial charge in [0.1, 0.15) is 12.4 Å². The maximum Gasteiger partial charge on any atom is 0.238 e. The molecule has 0 unspecified atom stereocenters. The van der Waals surface area contributed by atoms with Crippen LogP contribution in [0.25, 0.3) is 0 Å². The quantitative estimate of drug-likeness (QED) is 0.590. The van der Waals surface area contributed by atoms with Crippen molar-refractivity contribution < 1.29 is 14.3 Å². The Morgan fingerprint density at radius 2 is 1.48 bits per heavy atom. The predicted octanol–water partition coefficient (Wildman–Crippen LogP) is 4.23. The van der Waals surface area contributed by atoms with Crippen LogP contribution in [0.3, 0.4) is 0 Å². The van der Waals surface area contributed by atoms with Crippen LogP contribution in [0.2, 0.25) is 5.02 Å². The van der Waals surface area contributed by atoms with Crippen molar-refractivity contribution in [1.29, 1.82) is 0 Å². The van der Waals surface area contributed by atoms with Crippen LogP contribution >= 0.6 is 11.6 Å². The number of anilines is 1. The van der Waals surface area contributed by atoms with Gasteiger partial charge in [0.05, 0.1) is 17.5 Å². The minimum absolute atomic E-state index is 0.0586. The van der Waals surface area contributed by atoms with Gasteiger partial charge in [-0.2, -0.15) is 0 Å². The summed E-state index contributed by atoms with van der Waals surface area (Å²) in [6.07, 6.45) is 5.15. The first-order valence-corrected chi connectivity index (χ1v) is 9.53. The smallest absolute Gasteiger partial charge is 0.238 e. The van der Waals surface area contributed by atoms with Crippen molar-refractivity contribution in [2.45, 2.75) is 13.0 Å². The Balaban J connectivity index is 1.30. The summed E-state index contributed by atoms with van der Waals surface area (Å²) >= 11 is 5.88. The zero-order valence-corrected chi connectivity index (χ0v) is 15.3. The molecule has 2 amide bonds. The molecule has 0 radical (unpaired) electrons. The molecule has 27 heavy (non-hydrogen) atoms. The van der Waals surface area contributed by atoms with Crippen molar-refractivity contribution >= 4 is 29.1 Å². The van der Waals surface area contributed by atoms with E-state index < -0.39 is 0 Å². The minimum Gasteiger partial charge on any atom is -0.489 e. The highest BCUT2D eigenvalue weighted by atomic mass is 35.5. The van der Waals surface area contributed by atoms with Crippen molar-refractivity contribution in [2.24, 2.45) is 23.7 Å². The molecule has 5 rings (SSSR count). The number of imide groups is 1. The Labute approximate surface area is 162 Å². The molecule has 2 bridgehead atoms. The molecule has 1 aliphatic heterocycles. The highest BCUT2D eigenvalue weighted by Gasteiger charge is 2.59. The monoisotopic (exact) mass is 379 g/mol. The fourth-order valence-electron chi connectivity index (χ4n) is 4.60. The number of rotatable bonds is 4. The zero-order chi connectivity index (χ0) is 18.5. The van der Waals surface area contributed by atoms with Gasteiger partial charge in [0.2, 0.25) is 11.8 Å². The van der Waals surface area contributed by atoms with E-state index in [2.05, 4.69) is 12.2 Å². The fraction of sp³-hybridized carbons (Fsp3) is 0.273. The summed E-state index contributed by atoms with van der Waals surface area (Å²) in [5, 5.41) is 0.691. The van der Waals surface area contributed by atoms with Gasteiger partial charge in [-0.15, -0.1) is 0 Å². The van der Waals surface area contributed by atoms with Crippen molar-refractivity contribution in [3.05, 3.63) is 71.3 Å². The second kappa shape index (κ2) is 6.24. The molecule has 2 fully saturated rings. The maximum atomic E-state index is 12.8. The molecule has 4 atom stereocenters. The van der Waals surface area contributed by atoms with E-state index >= 15 is 0 Å². The average Bonchev–Trinajstić information content (AvgIpc) is 3.36. The first-order chi connectivity index (χ1) is 13.1. The number of hydrogen-bond acceptors (Lipinski definition) is 3. The van der Waals surface area contributed by atoms with Crippen LogP contribution in [-0.2, 0) is 16.2 Å². The van der Waals surface area contributed by atoms with Crippen LogP contribution in [0, 0.1) is 23.7 Å². The summed E-state index contributed by atoms with van der Waals surface area (Å²) in [5.74, 6) is 0.677. The highest BCUT2D eigenvalue weighted by molar-refractivity contribution is 6.30. The van der Waals surface area contributed by atoms with Crippen molar-refractivity contribution in [2.75, 3.05) is 4.90 Å². The third-order valence-electron chi connectivity index (χ3n) is 5.88. The van der Waals surface area contributed by atoms with E-state index in [-0.39, 0.29) is 35.5 Å². The first-order valence-electron chi connectivity index (χ1n) is 9.15. The first kappa shape index (κ1) is 16.6. The molecule has 0 N–H and O–H groups in total. The topological polar surface area (TPSA) is 46.6 Å². The number of nitrogens with zero attached hydrogens (tertiary/aromatic N) is 1. The number of fused-ring (bicyclic) bond motifs is 5. The molecule has 4 nitrogen and oxygen atoms in total. The zero-order valence-electron chi connectivity index (χ0n) is 14.5. The minimum atomic E-state index is -0.173. The van der Waals surface area contributed by atoms with Crippen LogP contribution in [0.15, 0.2) is 60.7 Å². The molecule has 2 aliphatic carbocycles. The fourth-order valence-corrected chi connectivity index (χ4v) is 4.72. The number of carbonyl (C=O) groups is 2. The van der Waals surface area contributed by atoms with Gasteiger partial charge in [0.25, 0.3) is 0 Å². The second-order valence-electron chi connectivity index (χ2n) is 7.42. The van der Waals surface area contributed by atoms with Crippen molar-refractivity contribution in [3.63, 3.8) is 0 Å². The number of ether oxygens (including phenoxy) is 1. The van der Waals surface area contributed by atoms with Crippen LogP contribution in [0.1, 0.15) is 12.0 Å². The van der Waals surface area contributed by atoms with E-state index in [1.807, 2.05) is 24.3 Å². The van der Waals surface area contributed by atoms with Crippen molar-refractivity contribution in [1.82, 2.24) is 0 Å². The van der Waals surface area contributed by atoms with Crippen LogP contribution in [0.4, 0.5) is 5.69 Å². The van der Waals surface area contributed by atoms with Gasteiger partial charge in [-0.3, -0.25) is 14.5 Å². The van der Waals surface area contributed by atoms with Gasteiger partial charge in [-0.25, -0.2) is 0 Å². The SMILES string of the molecule is O=C1[C@H]2[C@H](C(=O)N1c1ccc(OCc3ccc(Cl)cc3)cc1)[C@H]1C=C[C@H]2C1. The third kappa shape index (κ3) is 2.67. The molecule has 0 aromatic heterocycles. The molecular formula is C22H18ClNO3. The molecule has 136 valence electrons. The predicted molar refractivity (Wildman–Crippen MR) is 102 cm³/mol.